The zero-order valence-electron chi connectivity index (χ0n) is 12.0. The number of aliphatic hydroxyl groups excluding tert-OH is 1. The van der Waals surface area contributed by atoms with E-state index in [0.717, 1.165) is 5.56 Å². The van der Waals surface area contributed by atoms with Crippen LogP contribution in [0.15, 0.2) is 35.4 Å². The molecule has 0 bridgehead atoms. The van der Waals surface area contributed by atoms with E-state index in [1.165, 1.54) is 5.01 Å². The molecule has 1 aromatic rings. The van der Waals surface area contributed by atoms with Crippen molar-refractivity contribution in [3.63, 3.8) is 0 Å². The third kappa shape index (κ3) is 4.39. The highest BCUT2D eigenvalue weighted by atomic mass is 16.3. The predicted molar refractivity (Wildman–Crippen MR) is 78.4 cm³/mol. The number of rotatable bonds is 5. The number of amides is 2. The molecular formula is C15H19N3O3. The molecule has 0 saturated carbocycles. The molecule has 1 atom stereocenters. The Balaban J connectivity index is 2.04. The topological polar surface area (TPSA) is 82.0 Å². The van der Waals surface area contributed by atoms with Gasteiger partial charge in [0.25, 0.3) is 5.91 Å². The maximum absolute atomic E-state index is 11.9. The van der Waals surface area contributed by atoms with E-state index >= 15 is 0 Å². The van der Waals surface area contributed by atoms with Crippen LogP contribution in [-0.2, 0) is 16.1 Å². The molecule has 1 aliphatic heterocycles. The van der Waals surface area contributed by atoms with Crippen LogP contribution in [0.3, 0.4) is 0 Å². The number of hydrogen-bond donors (Lipinski definition) is 2. The fraction of sp³-hybridized carbons (Fsp3) is 0.400. The Morgan fingerprint density at radius 2 is 2.10 bits per heavy atom. The molecular weight excluding hydrogens is 270 g/mol. The second-order valence-corrected chi connectivity index (χ2v) is 5.04. The van der Waals surface area contributed by atoms with Gasteiger partial charge in [0.05, 0.1) is 12.6 Å². The van der Waals surface area contributed by atoms with Gasteiger partial charge in [-0.1, -0.05) is 30.3 Å². The van der Waals surface area contributed by atoms with Crippen LogP contribution in [0, 0.1) is 0 Å². The second-order valence-electron chi connectivity index (χ2n) is 5.04. The number of aliphatic hydroxyl groups is 1. The molecule has 6 heteroatoms. The summed E-state index contributed by atoms with van der Waals surface area (Å²) in [6, 6.07) is 9.50. The van der Waals surface area contributed by atoms with Crippen molar-refractivity contribution in [3.8, 4) is 0 Å². The molecule has 0 radical (unpaired) electrons. The zero-order valence-corrected chi connectivity index (χ0v) is 12.0. The van der Waals surface area contributed by atoms with Crippen molar-refractivity contribution in [1.29, 1.82) is 0 Å². The summed E-state index contributed by atoms with van der Waals surface area (Å²) in [5.41, 5.74) is 1.28. The first kappa shape index (κ1) is 15.2. The summed E-state index contributed by atoms with van der Waals surface area (Å²) in [5.74, 6) is -0.424. The molecule has 0 aliphatic carbocycles. The molecule has 0 fully saturated rings. The molecule has 2 rings (SSSR count). The van der Waals surface area contributed by atoms with E-state index < -0.39 is 6.10 Å². The first-order valence-corrected chi connectivity index (χ1v) is 6.94. The quantitative estimate of drug-likeness (QED) is 0.835. The first-order valence-electron chi connectivity index (χ1n) is 6.94. The minimum absolute atomic E-state index is 0.0917. The SMILES string of the molecule is CC(O)CNC(=O)C1=NN(Cc2ccccc2)C(=O)CC1. The van der Waals surface area contributed by atoms with Crippen LogP contribution in [-0.4, -0.2) is 40.3 Å². The van der Waals surface area contributed by atoms with E-state index in [9.17, 15) is 9.59 Å². The summed E-state index contributed by atoms with van der Waals surface area (Å²) in [7, 11) is 0. The number of nitrogens with one attached hydrogen (secondary N) is 1. The highest BCUT2D eigenvalue weighted by molar-refractivity contribution is 6.39. The normalized spacial score (nSPS) is 16.4. The van der Waals surface area contributed by atoms with Gasteiger partial charge in [0.1, 0.15) is 5.71 Å². The summed E-state index contributed by atoms with van der Waals surface area (Å²) >= 11 is 0. The van der Waals surface area contributed by atoms with Crippen LogP contribution >= 0.6 is 0 Å². The van der Waals surface area contributed by atoms with Crippen LogP contribution in [0.25, 0.3) is 0 Å². The minimum atomic E-state index is -0.611. The Labute approximate surface area is 123 Å². The standard InChI is InChI=1S/C15H19N3O3/c1-11(19)9-16-15(21)13-7-8-14(20)18(17-13)10-12-5-3-2-4-6-12/h2-6,11,19H,7-10H2,1H3,(H,16,21). The van der Waals surface area contributed by atoms with Gasteiger partial charge >= 0.3 is 0 Å². The highest BCUT2D eigenvalue weighted by Crippen LogP contribution is 2.13. The molecule has 2 N–H and O–H groups in total. The van der Waals surface area contributed by atoms with Gasteiger partial charge in [0.2, 0.25) is 5.91 Å². The van der Waals surface area contributed by atoms with Crippen LogP contribution in [0.4, 0.5) is 0 Å². The lowest BCUT2D eigenvalue weighted by Crippen LogP contribution is -2.40. The van der Waals surface area contributed by atoms with Gasteiger partial charge in [0, 0.05) is 19.4 Å². The monoisotopic (exact) mass is 289 g/mol. The molecule has 21 heavy (non-hydrogen) atoms. The minimum Gasteiger partial charge on any atom is -0.392 e. The molecule has 0 aromatic heterocycles. The van der Waals surface area contributed by atoms with Crippen molar-refractivity contribution in [3.05, 3.63) is 35.9 Å². The van der Waals surface area contributed by atoms with Crippen LogP contribution < -0.4 is 5.32 Å². The summed E-state index contributed by atoms with van der Waals surface area (Å²) in [6.45, 7) is 2.12. The Bertz CT molecular complexity index is 540. The maximum atomic E-state index is 11.9. The van der Waals surface area contributed by atoms with Crippen LogP contribution in [0.5, 0.6) is 0 Å². The smallest absolute Gasteiger partial charge is 0.267 e. The van der Waals surface area contributed by atoms with E-state index in [0.29, 0.717) is 18.7 Å². The van der Waals surface area contributed by atoms with E-state index in [-0.39, 0.29) is 24.8 Å². The van der Waals surface area contributed by atoms with Gasteiger partial charge in [-0.05, 0) is 12.5 Å². The number of carbonyl (C=O) groups excluding carboxylic acids is 2. The molecule has 1 aliphatic rings. The molecule has 112 valence electrons. The number of nitrogens with zero attached hydrogens (tertiary/aromatic N) is 2. The molecule has 1 heterocycles. The third-order valence-electron chi connectivity index (χ3n) is 3.10. The van der Waals surface area contributed by atoms with Gasteiger partial charge < -0.3 is 10.4 Å². The van der Waals surface area contributed by atoms with Crippen molar-refractivity contribution in [1.82, 2.24) is 10.3 Å². The number of benzene rings is 1. The predicted octanol–water partition coefficient (Wildman–Crippen LogP) is 0.662. The van der Waals surface area contributed by atoms with Gasteiger partial charge in [0.15, 0.2) is 0 Å². The Hall–Kier alpha value is -2.21. The van der Waals surface area contributed by atoms with Gasteiger partial charge in [-0.25, -0.2) is 5.01 Å². The average molecular weight is 289 g/mol. The summed E-state index contributed by atoms with van der Waals surface area (Å²) in [5, 5.41) is 17.2. The molecule has 2 amide bonds. The maximum Gasteiger partial charge on any atom is 0.267 e. The zero-order chi connectivity index (χ0) is 15.2. The van der Waals surface area contributed by atoms with Gasteiger partial charge in [-0.2, -0.15) is 5.10 Å². The highest BCUT2D eigenvalue weighted by Gasteiger charge is 2.24. The van der Waals surface area contributed by atoms with Crippen molar-refractivity contribution >= 4 is 17.5 Å². The van der Waals surface area contributed by atoms with E-state index in [4.69, 9.17) is 5.11 Å². The van der Waals surface area contributed by atoms with Crippen molar-refractivity contribution in [2.45, 2.75) is 32.4 Å². The van der Waals surface area contributed by atoms with E-state index in [1.807, 2.05) is 30.3 Å². The summed E-state index contributed by atoms with van der Waals surface area (Å²) < 4.78 is 0. The molecule has 1 unspecified atom stereocenters. The fourth-order valence-corrected chi connectivity index (χ4v) is 1.99. The van der Waals surface area contributed by atoms with Gasteiger partial charge in [-0.3, -0.25) is 9.59 Å². The molecule has 0 spiro atoms. The Morgan fingerprint density at radius 1 is 1.38 bits per heavy atom. The van der Waals surface area contributed by atoms with Crippen molar-refractivity contribution in [2.24, 2.45) is 5.10 Å². The molecule has 1 aromatic carbocycles. The lowest BCUT2D eigenvalue weighted by atomic mass is 10.1. The van der Waals surface area contributed by atoms with E-state index in [2.05, 4.69) is 10.4 Å². The average Bonchev–Trinajstić information content (AvgIpc) is 2.48. The Kier molecular flexibility index (Phi) is 5.05. The third-order valence-corrected chi connectivity index (χ3v) is 3.10. The first-order chi connectivity index (χ1) is 10.1. The second kappa shape index (κ2) is 6.99. The number of hydrogen-bond acceptors (Lipinski definition) is 4. The van der Waals surface area contributed by atoms with Crippen LogP contribution in [0.1, 0.15) is 25.3 Å². The van der Waals surface area contributed by atoms with Crippen molar-refractivity contribution < 1.29 is 14.7 Å². The molecule has 0 saturated heterocycles. The summed E-state index contributed by atoms with van der Waals surface area (Å²) in [4.78, 5) is 23.8. The van der Waals surface area contributed by atoms with Gasteiger partial charge in [-0.15, -0.1) is 0 Å². The largest absolute Gasteiger partial charge is 0.392 e. The Morgan fingerprint density at radius 3 is 2.76 bits per heavy atom. The van der Waals surface area contributed by atoms with E-state index in [1.54, 1.807) is 6.92 Å². The summed E-state index contributed by atoms with van der Waals surface area (Å²) in [6.07, 6.45) is -0.0102. The van der Waals surface area contributed by atoms with Crippen LogP contribution in [0.2, 0.25) is 0 Å². The molecule has 6 nitrogen and oxygen atoms in total. The number of carbonyl (C=O) groups is 2. The lowest BCUT2D eigenvalue weighted by Gasteiger charge is -2.23. The van der Waals surface area contributed by atoms with Crippen molar-refractivity contribution in [2.75, 3.05) is 6.54 Å². The fourth-order valence-electron chi connectivity index (χ4n) is 1.99. The number of hydrazone groups is 1. The lowest BCUT2D eigenvalue weighted by molar-refractivity contribution is -0.132.